The van der Waals surface area contributed by atoms with Gasteiger partial charge in [-0.25, -0.2) is 0 Å². The summed E-state index contributed by atoms with van der Waals surface area (Å²) in [5.74, 6) is 0.608. The highest BCUT2D eigenvalue weighted by Gasteiger charge is 2.45. The molecule has 1 aromatic carbocycles. The first-order chi connectivity index (χ1) is 8.95. The smallest absolute Gasteiger partial charge is 0.176 e. The molecule has 2 unspecified atom stereocenters. The van der Waals surface area contributed by atoms with E-state index in [9.17, 15) is 4.79 Å². The van der Waals surface area contributed by atoms with Crippen LogP contribution in [-0.4, -0.2) is 31.1 Å². The molecule has 0 bridgehead atoms. The number of ether oxygens (including phenoxy) is 2. The number of hydrogen-bond acceptors (Lipinski definition) is 4. The molecule has 4 nitrogen and oxygen atoms in total. The third-order valence-corrected chi connectivity index (χ3v) is 3.53. The predicted molar refractivity (Wildman–Crippen MR) is 73.4 cm³/mol. The van der Waals surface area contributed by atoms with Crippen molar-refractivity contribution in [2.45, 2.75) is 32.9 Å². The Balaban J connectivity index is 2.33. The van der Waals surface area contributed by atoms with Gasteiger partial charge in [-0.1, -0.05) is 12.1 Å². The molecule has 1 fully saturated rings. The molecule has 0 radical (unpaired) electrons. The molecule has 1 saturated heterocycles. The van der Waals surface area contributed by atoms with Gasteiger partial charge in [-0.15, -0.1) is 0 Å². The zero-order chi connectivity index (χ0) is 14.0. The van der Waals surface area contributed by atoms with Crippen LogP contribution in [-0.2, 0) is 4.74 Å². The molecular weight excluding hydrogens is 242 g/mol. The monoisotopic (exact) mass is 263 g/mol. The Morgan fingerprint density at radius 2 is 2.16 bits per heavy atom. The Morgan fingerprint density at radius 1 is 1.47 bits per heavy atom. The van der Waals surface area contributed by atoms with Crippen molar-refractivity contribution in [1.82, 2.24) is 0 Å². The van der Waals surface area contributed by atoms with E-state index in [0.29, 0.717) is 24.5 Å². The standard InChI is InChI=1S/C15H21NO3/c1-10(2)19-12-7-5-4-6-11(12)14(17)15(3)9-18-8-13(15)16/h4-7,10,13H,8-9,16H2,1-3H3. The number of nitrogens with two attached hydrogens (primary N) is 1. The van der Waals surface area contributed by atoms with E-state index >= 15 is 0 Å². The second-order valence-corrected chi connectivity index (χ2v) is 5.53. The van der Waals surface area contributed by atoms with Gasteiger partial charge in [0.25, 0.3) is 0 Å². The fourth-order valence-corrected chi connectivity index (χ4v) is 2.24. The summed E-state index contributed by atoms with van der Waals surface area (Å²) in [5.41, 5.74) is 5.93. The first kappa shape index (κ1) is 14.0. The van der Waals surface area contributed by atoms with E-state index in [1.54, 1.807) is 6.07 Å². The van der Waals surface area contributed by atoms with Gasteiger partial charge in [0.15, 0.2) is 5.78 Å². The lowest BCUT2D eigenvalue weighted by molar-refractivity contribution is 0.0762. The van der Waals surface area contributed by atoms with Gasteiger partial charge in [-0.05, 0) is 32.9 Å². The van der Waals surface area contributed by atoms with E-state index in [1.807, 2.05) is 39.0 Å². The number of benzene rings is 1. The maximum absolute atomic E-state index is 12.7. The van der Waals surface area contributed by atoms with Crippen molar-refractivity contribution in [1.29, 1.82) is 0 Å². The molecule has 2 atom stereocenters. The van der Waals surface area contributed by atoms with E-state index in [2.05, 4.69) is 0 Å². The minimum absolute atomic E-state index is 0.00579. The third-order valence-electron chi connectivity index (χ3n) is 3.53. The average Bonchev–Trinajstić information content (AvgIpc) is 2.70. The van der Waals surface area contributed by atoms with Gasteiger partial charge in [0.2, 0.25) is 0 Å². The predicted octanol–water partition coefficient (Wildman–Crippen LogP) is 2.02. The van der Waals surface area contributed by atoms with Crippen molar-refractivity contribution in [3.8, 4) is 5.75 Å². The molecule has 2 rings (SSSR count). The molecule has 0 spiro atoms. The molecule has 104 valence electrons. The normalized spacial score (nSPS) is 26.7. The van der Waals surface area contributed by atoms with Crippen LogP contribution in [0.3, 0.4) is 0 Å². The quantitative estimate of drug-likeness (QED) is 0.844. The fraction of sp³-hybridized carbons (Fsp3) is 0.533. The van der Waals surface area contributed by atoms with E-state index in [0.717, 1.165) is 0 Å². The highest BCUT2D eigenvalue weighted by atomic mass is 16.5. The number of Topliss-reactive ketones (excluding diaryl/α,β-unsaturated/α-hetero) is 1. The van der Waals surface area contributed by atoms with Crippen molar-refractivity contribution in [2.75, 3.05) is 13.2 Å². The summed E-state index contributed by atoms with van der Waals surface area (Å²) in [6.07, 6.45) is 0.0234. The summed E-state index contributed by atoms with van der Waals surface area (Å²) in [4.78, 5) is 12.7. The summed E-state index contributed by atoms with van der Waals surface area (Å²) >= 11 is 0. The maximum Gasteiger partial charge on any atom is 0.176 e. The van der Waals surface area contributed by atoms with Crippen LogP contribution in [0.2, 0.25) is 0 Å². The number of rotatable bonds is 4. The molecule has 1 heterocycles. The summed E-state index contributed by atoms with van der Waals surface area (Å²) < 4.78 is 11.1. The highest BCUT2D eigenvalue weighted by molar-refractivity contribution is 6.03. The molecule has 1 aliphatic heterocycles. The first-order valence-corrected chi connectivity index (χ1v) is 6.59. The Labute approximate surface area is 113 Å². The molecule has 1 aliphatic rings. The average molecular weight is 263 g/mol. The molecule has 19 heavy (non-hydrogen) atoms. The maximum atomic E-state index is 12.7. The summed E-state index contributed by atoms with van der Waals surface area (Å²) in [7, 11) is 0. The molecule has 4 heteroatoms. The third kappa shape index (κ3) is 2.65. The van der Waals surface area contributed by atoms with Crippen LogP contribution in [0.5, 0.6) is 5.75 Å². The van der Waals surface area contributed by atoms with Crippen LogP contribution >= 0.6 is 0 Å². The van der Waals surface area contributed by atoms with Crippen molar-refractivity contribution in [2.24, 2.45) is 11.1 Å². The van der Waals surface area contributed by atoms with Gasteiger partial charge >= 0.3 is 0 Å². The van der Waals surface area contributed by atoms with Crippen molar-refractivity contribution >= 4 is 5.78 Å². The van der Waals surface area contributed by atoms with Crippen LogP contribution < -0.4 is 10.5 Å². The Kier molecular flexibility index (Phi) is 3.92. The number of ketones is 1. The topological polar surface area (TPSA) is 61.5 Å². The number of para-hydroxylation sites is 1. The van der Waals surface area contributed by atoms with Gasteiger partial charge < -0.3 is 15.2 Å². The first-order valence-electron chi connectivity index (χ1n) is 6.59. The summed E-state index contributed by atoms with van der Waals surface area (Å²) in [6, 6.07) is 7.04. The lowest BCUT2D eigenvalue weighted by Crippen LogP contribution is -2.44. The molecular formula is C15H21NO3. The van der Waals surface area contributed by atoms with Crippen LogP contribution in [0.1, 0.15) is 31.1 Å². The minimum atomic E-state index is -0.670. The van der Waals surface area contributed by atoms with Gasteiger partial charge in [0.1, 0.15) is 5.75 Å². The van der Waals surface area contributed by atoms with Crippen LogP contribution in [0.4, 0.5) is 0 Å². The second-order valence-electron chi connectivity index (χ2n) is 5.53. The van der Waals surface area contributed by atoms with Gasteiger partial charge in [-0.2, -0.15) is 0 Å². The van der Waals surface area contributed by atoms with Crippen LogP contribution in [0, 0.1) is 5.41 Å². The molecule has 2 N–H and O–H groups in total. The van der Waals surface area contributed by atoms with E-state index < -0.39 is 5.41 Å². The molecule has 0 amide bonds. The van der Waals surface area contributed by atoms with E-state index in [-0.39, 0.29) is 17.9 Å². The molecule has 0 aromatic heterocycles. The number of carbonyl (C=O) groups is 1. The lowest BCUT2D eigenvalue weighted by Gasteiger charge is -2.26. The Morgan fingerprint density at radius 3 is 2.74 bits per heavy atom. The zero-order valence-corrected chi connectivity index (χ0v) is 11.7. The van der Waals surface area contributed by atoms with Crippen LogP contribution in [0.25, 0.3) is 0 Å². The minimum Gasteiger partial charge on any atom is -0.490 e. The van der Waals surface area contributed by atoms with E-state index in [1.165, 1.54) is 0 Å². The highest BCUT2D eigenvalue weighted by Crippen LogP contribution is 2.34. The Hall–Kier alpha value is -1.39. The van der Waals surface area contributed by atoms with Gasteiger partial charge in [-0.3, -0.25) is 4.79 Å². The van der Waals surface area contributed by atoms with Crippen molar-refractivity contribution < 1.29 is 14.3 Å². The zero-order valence-electron chi connectivity index (χ0n) is 11.7. The fourth-order valence-electron chi connectivity index (χ4n) is 2.24. The largest absolute Gasteiger partial charge is 0.490 e. The number of carbonyl (C=O) groups excluding carboxylic acids is 1. The lowest BCUT2D eigenvalue weighted by atomic mass is 9.78. The second kappa shape index (κ2) is 5.31. The Bertz CT molecular complexity index is 472. The molecule has 0 saturated carbocycles. The molecule has 0 aliphatic carbocycles. The van der Waals surface area contributed by atoms with E-state index in [4.69, 9.17) is 15.2 Å². The number of hydrogen-bond donors (Lipinski definition) is 1. The van der Waals surface area contributed by atoms with Gasteiger partial charge in [0.05, 0.1) is 30.3 Å². The molecule has 1 aromatic rings. The van der Waals surface area contributed by atoms with Crippen molar-refractivity contribution in [3.05, 3.63) is 29.8 Å². The van der Waals surface area contributed by atoms with Crippen molar-refractivity contribution in [3.63, 3.8) is 0 Å². The SMILES string of the molecule is CC(C)Oc1ccccc1C(=O)C1(C)COCC1N. The summed E-state index contributed by atoms with van der Waals surface area (Å²) in [5, 5.41) is 0. The van der Waals surface area contributed by atoms with Crippen LogP contribution in [0.15, 0.2) is 24.3 Å². The summed E-state index contributed by atoms with van der Waals surface area (Å²) in [6.45, 7) is 6.53. The van der Waals surface area contributed by atoms with Gasteiger partial charge in [0, 0.05) is 6.04 Å².